The summed E-state index contributed by atoms with van der Waals surface area (Å²) in [5, 5.41) is 0. The summed E-state index contributed by atoms with van der Waals surface area (Å²) in [5.41, 5.74) is 1.39. The quantitative estimate of drug-likeness (QED) is 0.406. The van der Waals surface area contributed by atoms with Gasteiger partial charge in [-0.15, -0.1) is 24.3 Å². The van der Waals surface area contributed by atoms with Crippen molar-refractivity contribution in [2.45, 2.75) is 13.8 Å². The van der Waals surface area contributed by atoms with Crippen LogP contribution >= 0.6 is 13.3 Å². The average molecular weight is 574 g/mol. The number of rotatable bonds is 6. The molecule has 130 valence electrons. The van der Waals surface area contributed by atoms with Crippen LogP contribution in [0, 0.1) is 6.07 Å². The van der Waals surface area contributed by atoms with E-state index in [1.54, 1.807) is 0 Å². The second-order valence-corrected chi connectivity index (χ2v) is 4.31. The van der Waals surface area contributed by atoms with Crippen LogP contribution in [0.1, 0.15) is 13.8 Å². The van der Waals surface area contributed by atoms with Gasteiger partial charge in [-0.05, 0) is 13.8 Å². The van der Waals surface area contributed by atoms with Gasteiger partial charge in [-0.25, -0.2) is 0 Å². The number of hydrogen-bond acceptors (Lipinski definition) is 6. The molecule has 6 nitrogen and oxygen atoms in total. The SMILES string of the molecule is CCOc1cnc(-c2[c-]c(-c3ncc(OCC)o3)ccc2)o1.[Br][Pt+]. The van der Waals surface area contributed by atoms with Crippen LogP contribution < -0.4 is 9.47 Å². The standard InChI is InChI=1S/C16H15N2O4.BrH.Pt/c1-3-19-13-9-17-15(21-13)11-6-5-7-12(8-11)16-18-10-14(22-16)20-4-2;;/h5-7,9-10H,3-4H2,1-2H3;1H;/q-1;;+2/p-1. The summed E-state index contributed by atoms with van der Waals surface area (Å²) in [6.07, 6.45) is 3.08. The summed E-state index contributed by atoms with van der Waals surface area (Å²) in [6.45, 7) is 4.81. The zero-order chi connectivity index (χ0) is 17.4. The van der Waals surface area contributed by atoms with Crippen molar-refractivity contribution in [3.05, 3.63) is 36.7 Å². The van der Waals surface area contributed by atoms with Crippen molar-refractivity contribution < 1.29 is 36.1 Å². The third kappa shape index (κ3) is 4.71. The number of ether oxygens (including phenoxy) is 2. The maximum atomic E-state index is 5.50. The van der Waals surface area contributed by atoms with Gasteiger partial charge in [-0.1, -0.05) is 11.1 Å². The number of nitrogens with zero attached hydrogens (tertiary/aromatic N) is 2. The Hall–Kier alpha value is -1.59. The molecule has 2 heterocycles. The third-order valence-corrected chi connectivity index (χ3v) is 2.80. The Bertz CT molecular complexity index is 700. The van der Waals surface area contributed by atoms with Gasteiger partial charge in [0.15, 0.2) is 11.8 Å². The van der Waals surface area contributed by atoms with Crippen LogP contribution in [0.25, 0.3) is 22.9 Å². The van der Waals surface area contributed by atoms with E-state index in [0.29, 0.717) is 48.0 Å². The Morgan fingerprint density at radius 2 is 1.42 bits per heavy atom. The van der Waals surface area contributed by atoms with Gasteiger partial charge in [0.2, 0.25) is 0 Å². The monoisotopic (exact) mass is 573 g/mol. The van der Waals surface area contributed by atoms with Crippen LogP contribution in [0.2, 0.25) is 0 Å². The first kappa shape index (κ1) is 18.7. The molecule has 0 unspecified atom stereocenters. The molecule has 0 N–H and O–H groups in total. The van der Waals surface area contributed by atoms with Gasteiger partial charge < -0.3 is 18.3 Å². The summed E-state index contributed by atoms with van der Waals surface area (Å²) in [4.78, 5) is 8.35. The second kappa shape index (κ2) is 9.64. The van der Waals surface area contributed by atoms with Gasteiger partial charge in [0.1, 0.15) is 12.4 Å². The molecule has 0 amide bonds. The average Bonchev–Trinajstić information content (AvgIpc) is 3.27. The van der Waals surface area contributed by atoms with E-state index in [2.05, 4.69) is 29.3 Å². The predicted molar refractivity (Wildman–Crippen MR) is 87.5 cm³/mol. The molecule has 0 radical (unpaired) electrons. The first-order chi connectivity index (χ1) is 11.8. The number of oxazole rings is 2. The van der Waals surface area contributed by atoms with Crippen molar-refractivity contribution in [3.8, 4) is 34.8 Å². The summed E-state index contributed by atoms with van der Waals surface area (Å²) >= 11 is 4.86. The second-order valence-electron chi connectivity index (χ2n) is 4.31. The Morgan fingerprint density at radius 3 is 1.83 bits per heavy atom. The summed E-state index contributed by atoms with van der Waals surface area (Å²) < 4.78 is 21.5. The molecule has 3 aromatic rings. The first-order valence-electron chi connectivity index (χ1n) is 7.12. The number of hydrogen-bond donors (Lipinski definition) is 0. The molecule has 0 bridgehead atoms. The van der Waals surface area contributed by atoms with Crippen LogP contribution in [0.3, 0.4) is 0 Å². The van der Waals surface area contributed by atoms with E-state index >= 15 is 0 Å². The Kier molecular flexibility index (Phi) is 7.53. The minimum atomic E-state index is 0.381. The maximum absolute atomic E-state index is 5.50. The summed E-state index contributed by atoms with van der Waals surface area (Å²) in [7, 11) is 0. The number of benzene rings is 1. The Morgan fingerprint density at radius 1 is 0.958 bits per heavy atom. The normalized spacial score (nSPS) is 10.0. The van der Waals surface area contributed by atoms with Crippen molar-refractivity contribution in [2.75, 3.05) is 13.2 Å². The van der Waals surface area contributed by atoms with Gasteiger partial charge >= 0.3 is 31.1 Å². The van der Waals surface area contributed by atoms with E-state index in [1.807, 2.05) is 49.8 Å². The molecule has 24 heavy (non-hydrogen) atoms. The van der Waals surface area contributed by atoms with Crippen LogP contribution in [-0.2, 0) is 17.8 Å². The van der Waals surface area contributed by atoms with Crippen molar-refractivity contribution in [3.63, 3.8) is 0 Å². The predicted octanol–water partition coefficient (Wildman–Crippen LogP) is 4.44. The van der Waals surface area contributed by atoms with E-state index in [-0.39, 0.29) is 0 Å². The van der Waals surface area contributed by atoms with Crippen LogP contribution in [-0.4, -0.2) is 23.2 Å². The molecule has 1 aromatic carbocycles. The van der Waals surface area contributed by atoms with E-state index in [0.717, 1.165) is 0 Å². The van der Waals surface area contributed by atoms with Gasteiger partial charge in [0, 0.05) is 0 Å². The third-order valence-electron chi connectivity index (χ3n) is 2.80. The van der Waals surface area contributed by atoms with Crippen molar-refractivity contribution in [2.24, 2.45) is 0 Å². The van der Waals surface area contributed by atoms with Gasteiger partial charge in [0.05, 0.1) is 13.2 Å². The van der Waals surface area contributed by atoms with E-state index in [9.17, 15) is 0 Å². The van der Waals surface area contributed by atoms with E-state index in [1.165, 1.54) is 12.4 Å². The number of halogens is 1. The van der Waals surface area contributed by atoms with Gasteiger partial charge in [-0.3, -0.25) is 9.97 Å². The van der Waals surface area contributed by atoms with Gasteiger partial charge in [0.25, 0.3) is 11.9 Å². The molecule has 2 aromatic heterocycles. The molecule has 0 saturated heterocycles. The summed E-state index contributed by atoms with van der Waals surface area (Å²) in [5.74, 6) is 1.63. The van der Waals surface area contributed by atoms with Crippen LogP contribution in [0.15, 0.2) is 39.4 Å². The molecule has 0 atom stereocenters. The number of aromatic nitrogens is 2. The zero-order valence-corrected chi connectivity index (χ0v) is 16.9. The molecule has 8 heteroatoms. The molecular weight excluding hydrogens is 559 g/mol. The fourth-order valence-corrected chi connectivity index (χ4v) is 1.90. The molecule has 0 saturated carbocycles. The van der Waals surface area contributed by atoms with Gasteiger partial charge in [-0.2, -0.15) is 0 Å². The van der Waals surface area contributed by atoms with Crippen molar-refractivity contribution in [1.29, 1.82) is 0 Å². The fourth-order valence-electron chi connectivity index (χ4n) is 1.90. The fraction of sp³-hybridized carbons (Fsp3) is 0.250. The van der Waals surface area contributed by atoms with E-state index < -0.39 is 0 Å². The van der Waals surface area contributed by atoms with E-state index in [4.69, 9.17) is 18.3 Å². The molecule has 0 aliphatic carbocycles. The molecule has 0 fully saturated rings. The molecule has 0 aliphatic rings. The molecule has 0 spiro atoms. The molecular formula is C16H15BrN2O4Pt. The Balaban J connectivity index is 0.00000100. The zero-order valence-electron chi connectivity index (χ0n) is 13.0. The molecule has 3 rings (SSSR count). The van der Waals surface area contributed by atoms with Crippen LogP contribution in [0.5, 0.6) is 11.9 Å². The topological polar surface area (TPSA) is 70.5 Å². The Labute approximate surface area is 157 Å². The minimum absolute atomic E-state index is 0.381. The summed E-state index contributed by atoms with van der Waals surface area (Å²) in [6, 6.07) is 8.71. The first-order valence-corrected chi connectivity index (χ1v) is 12.1. The van der Waals surface area contributed by atoms with Crippen LogP contribution in [0.4, 0.5) is 0 Å². The van der Waals surface area contributed by atoms with Crippen molar-refractivity contribution >= 4 is 13.3 Å². The van der Waals surface area contributed by atoms with Crippen molar-refractivity contribution in [1.82, 2.24) is 9.97 Å². The molecule has 0 aliphatic heterocycles.